The Hall–Kier alpha value is -1.77. The molecule has 0 aliphatic carbocycles. The van der Waals surface area contributed by atoms with Crippen LogP contribution in [0.1, 0.15) is 15.9 Å². The van der Waals surface area contributed by atoms with Gasteiger partial charge in [0.1, 0.15) is 10.0 Å². The highest BCUT2D eigenvalue weighted by Gasteiger charge is 2.24. The first-order chi connectivity index (χ1) is 9.80. The van der Waals surface area contributed by atoms with Gasteiger partial charge in [-0.05, 0) is 23.8 Å². The third kappa shape index (κ3) is 3.46. The number of nitrogens with zero attached hydrogens (tertiary/aromatic N) is 1. The highest BCUT2D eigenvalue weighted by molar-refractivity contribution is 7.91. The Morgan fingerprint density at radius 2 is 2.10 bits per heavy atom. The van der Waals surface area contributed by atoms with Gasteiger partial charge in [-0.15, -0.1) is 11.3 Å². The van der Waals surface area contributed by atoms with Gasteiger partial charge in [0.2, 0.25) is 0 Å². The first-order valence-corrected chi connectivity index (χ1v) is 8.15. The van der Waals surface area contributed by atoms with Crippen molar-refractivity contribution >= 4 is 27.3 Å². The second-order valence-corrected chi connectivity index (χ2v) is 7.53. The van der Waals surface area contributed by atoms with E-state index in [1.807, 2.05) is 0 Å². The Bertz CT molecular complexity index is 770. The van der Waals surface area contributed by atoms with Crippen LogP contribution in [-0.2, 0) is 16.6 Å². The lowest BCUT2D eigenvalue weighted by atomic mass is 10.2. The van der Waals surface area contributed by atoms with Gasteiger partial charge in [0.15, 0.2) is 0 Å². The Balaban J connectivity index is 2.23. The Morgan fingerprint density at radius 1 is 1.38 bits per heavy atom. The van der Waals surface area contributed by atoms with Crippen molar-refractivity contribution in [1.82, 2.24) is 4.31 Å². The summed E-state index contributed by atoms with van der Waals surface area (Å²) in [6.07, 6.45) is 0. The van der Waals surface area contributed by atoms with Crippen molar-refractivity contribution in [2.24, 2.45) is 0 Å². The lowest BCUT2D eigenvalue weighted by Gasteiger charge is -2.16. The van der Waals surface area contributed by atoms with Gasteiger partial charge in [0, 0.05) is 19.0 Å². The first kappa shape index (κ1) is 15.6. The predicted molar refractivity (Wildman–Crippen MR) is 76.3 cm³/mol. The number of rotatable bonds is 5. The highest BCUT2D eigenvalue weighted by Crippen LogP contribution is 2.24. The fourth-order valence-corrected chi connectivity index (χ4v) is 4.22. The van der Waals surface area contributed by atoms with E-state index in [0.29, 0.717) is 5.56 Å². The summed E-state index contributed by atoms with van der Waals surface area (Å²) in [6.45, 7) is 0.000395. The van der Waals surface area contributed by atoms with Crippen molar-refractivity contribution in [3.05, 3.63) is 52.7 Å². The van der Waals surface area contributed by atoms with E-state index in [1.165, 1.54) is 30.6 Å². The molecule has 8 heteroatoms. The molecule has 1 heterocycles. The van der Waals surface area contributed by atoms with E-state index in [0.717, 1.165) is 21.7 Å². The monoisotopic (exact) mass is 329 g/mol. The topological polar surface area (TPSA) is 74.7 Å². The highest BCUT2D eigenvalue weighted by atomic mass is 32.2. The zero-order chi connectivity index (χ0) is 15.6. The molecule has 5 nitrogen and oxygen atoms in total. The number of halogens is 1. The van der Waals surface area contributed by atoms with Crippen molar-refractivity contribution < 1.29 is 22.7 Å². The summed E-state index contributed by atoms with van der Waals surface area (Å²) in [7, 11) is -2.44. The quantitative estimate of drug-likeness (QED) is 0.914. The molecule has 0 unspecified atom stereocenters. The number of carbonyl (C=O) groups is 1. The molecule has 0 aliphatic rings. The summed E-state index contributed by atoms with van der Waals surface area (Å²) in [5.41, 5.74) is 0.439. The van der Waals surface area contributed by atoms with Gasteiger partial charge < -0.3 is 5.11 Å². The van der Waals surface area contributed by atoms with Crippen LogP contribution in [0.15, 0.2) is 39.9 Å². The van der Waals surface area contributed by atoms with Crippen molar-refractivity contribution in [3.63, 3.8) is 0 Å². The average molecular weight is 329 g/mol. The molecule has 0 fully saturated rings. The van der Waals surface area contributed by atoms with Gasteiger partial charge in [-0.25, -0.2) is 17.6 Å². The lowest BCUT2D eigenvalue weighted by molar-refractivity contribution is 0.0697. The predicted octanol–water partition coefficient (Wildman–Crippen LogP) is 2.41. The Kier molecular flexibility index (Phi) is 4.40. The van der Waals surface area contributed by atoms with Crippen LogP contribution in [0.3, 0.4) is 0 Å². The maximum absolute atomic E-state index is 13.1. The smallest absolute Gasteiger partial charge is 0.336 e. The normalized spacial score (nSPS) is 11.8. The number of aromatic carboxylic acids is 1. The molecule has 2 rings (SSSR count). The number of carboxylic acids is 1. The van der Waals surface area contributed by atoms with Crippen LogP contribution in [0.4, 0.5) is 4.39 Å². The molecular weight excluding hydrogens is 317 g/mol. The molecule has 0 aliphatic heterocycles. The second-order valence-electron chi connectivity index (χ2n) is 4.35. The van der Waals surface area contributed by atoms with E-state index in [-0.39, 0.29) is 16.3 Å². The standard InChI is InChI=1S/C13H12FNO4S2/c1-15(7-9-3-2-4-11(14)5-9)21(18,19)12-6-10(8-20-12)13(16)17/h2-6,8H,7H2,1H3,(H,16,17). The van der Waals surface area contributed by atoms with E-state index in [4.69, 9.17) is 5.11 Å². The summed E-state index contributed by atoms with van der Waals surface area (Å²) in [5, 5.41) is 10.1. The van der Waals surface area contributed by atoms with Crippen LogP contribution >= 0.6 is 11.3 Å². The molecule has 0 radical (unpaired) electrons. The summed E-state index contributed by atoms with van der Waals surface area (Å²) < 4.78 is 38.7. The van der Waals surface area contributed by atoms with E-state index in [1.54, 1.807) is 6.07 Å². The van der Waals surface area contributed by atoms with Gasteiger partial charge in [0.25, 0.3) is 10.0 Å². The zero-order valence-electron chi connectivity index (χ0n) is 11.0. The largest absolute Gasteiger partial charge is 0.478 e. The van der Waals surface area contributed by atoms with E-state index in [9.17, 15) is 17.6 Å². The molecule has 1 aromatic heterocycles. The third-order valence-electron chi connectivity index (χ3n) is 2.78. The van der Waals surface area contributed by atoms with Crippen LogP contribution in [0.25, 0.3) is 0 Å². The molecule has 112 valence electrons. The van der Waals surface area contributed by atoms with Gasteiger partial charge in [0.05, 0.1) is 5.56 Å². The number of sulfonamides is 1. The van der Waals surface area contributed by atoms with Crippen LogP contribution in [0.2, 0.25) is 0 Å². The lowest BCUT2D eigenvalue weighted by Crippen LogP contribution is -2.25. The molecule has 1 aromatic carbocycles. The Morgan fingerprint density at radius 3 is 2.67 bits per heavy atom. The maximum Gasteiger partial charge on any atom is 0.336 e. The van der Waals surface area contributed by atoms with Crippen LogP contribution in [-0.4, -0.2) is 30.8 Å². The number of carboxylic acid groups (broad SMARTS) is 1. The van der Waals surface area contributed by atoms with Crippen molar-refractivity contribution in [2.75, 3.05) is 7.05 Å². The molecule has 0 saturated carbocycles. The van der Waals surface area contributed by atoms with Crippen LogP contribution in [0, 0.1) is 5.82 Å². The fourth-order valence-electron chi connectivity index (χ4n) is 1.69. The zero-order valence-corrected chi connectivity index (χ0v) is 12.6. The summed E-state index contributed by atoms with van der Waals surface area (Å²) in [5.74, 6) is -1.62. The van der Waals surface area contributed by atoms with E-state index < -0.39 is 21.8 Å². The minimum absolute atomic E-state index is 0.000395. The molecule has 0 atom stereocenters. The van der Waals surface area contributed by atoms with Gasteiger partial charge in [-0.3, -0.25) is 0 Å². The van der Waals surface area contributed by atoms with Gasteiger partial charge in [-0.2, -0.15) is 4.31 Å². The molecule has 0 saturated heterocycles. The van der Waals surface area contributed by atoms with Crippen LogP contribution in [0.5, 0.6) is 0 Å². The number of hydrogen-bond donors (Lipinski definition) is 1. The molecule has 1 N–H and O–H groups in total. The maximum atomic E-state index is 13.1. The van der Waals surface area contributed by atoms with Crippen molar-refractivity contribution in [1.29, 1.82) is 0 Å². The molecule has 0 spiro atoms. The minimum atomic E-state index is -3.80. The fraction of sp³-hybridized carbons (Fsp3) is 0.154. The van der Waals surface area contributed by atoms with Crippen LogP contribution < -0.4 is 0 Å². The number of benzene rings is 1. The van der Waals surface area contributed by atoms with E-state index in [2.05, 4.69) is 0 Å². The van der Waals surface area contributed by atoms with E-state index >= 15 is 0 Å². The molecule has 21 heavy (non-hydrogen) atoms. The summed E-state index contributed by atoms with van der Waals surface area (Å²) in [6, 6.07) is 6.76. The number of hydrogen-bond acceptors (Lipinski definition) is 4. The average Bonchev–Trinajstić information content (AvgIpc) is 2.89. The van der Waals surface area contributed by atoms with Gasteiger partial charge in [-0.1, -0.05) is 12.1 Å². The summed E-state index contributed by atoms with van der Waals surface area (Å²) in [4.78, 5) is 10.8. The van der Waals surface area contributed by atoms with Gasteiger partial charge >= 0.3 is 5.97 Å². The third-order valence-corrected chi connectivity index (χ3v) is 6.00. The molecule has 0 amide bonds. The van der Waals surface area contributed by atoms with Crippen molar-refractivity contribution in [3.8, 4) is 0 Å². The second kappa shape index (κ2) is 5.92. The first-order valence-electron chi connectivity index (χ1n) is 5.83. The number of thiophene rings is 1. The minimum Gasteiger partial charge on any atom is -0.478 e. The molecular formula is C13H12FNO4S2. The summed E-state index contributed by atoms with van der Waals surface area (Å²) >= 11 is 0.842. The molecule has 0 bridgehead atoms. The van der Waals surface area contributed by atoms with Crippen molar-refractivity contribution in [2.45, 2.75) is 10.8 Å². The SMILES string of the molecule is CN(Cc1cccc(F)c1)S(=O)(=O)c1cc(C(=O)O)cs1. The molecule has 2 aromatic rings. The Labute approximate surface area is 125 Å².